The summed E-state index contributed by atoms with van der Waals surface area (Å²) in [4.78, 5) is 11.8. The number of benzene rings is 1. The third kappa shape index (κ3) is 2.60. The molecule has 3 nitrogen and oxygen atoms in total. The van der Waals surface area contributed by atoms with Crippen molar-refractivity contribution in [1.82, 2.24) is 0 Å². The number of halogens is 1. The van der Waals surface area contributed by atoms with Crippen LogP contribution in [0.25, 0.3) is 11.1 Å². The van der Waals surface area contributed by atoms with Crippen LogP contribution in [0.15, 0.2) is 35.7 Å². The van der Waals surface area contributed by atoms with E-state index in [2.05, 4.69) is 4.74 Å². The average molecular weight is 270 g/mol. The first-order valence-electron chi connectivity index (χ1n) is 4.74. The molecule has 0 saturated carbocycles. The van der Waals surface area contributed by atoms with Gasteiger partial charge in [-0.3, -0.25) is 0 Å². The third-order valence-electron chi connectivity index (χ3n) is 2.29. The zero-order valence-corrected chi connectivity index (χ0v) is 10.8. The van der Waals surface area contributed by atoms with E-state index in [4.69, 9.17) is 5.73 Å². The van der Waals surface area contributed by atoms with Crippen molar-refractivity contribution in [3.8, 4) is 11.1 Å². The van der Waals surface area contributed by atoms with Crippen LogP contribution in [0.5, 0.6) is 0 Å². The lowest BCUT2D eigenvalue weighted by atomic mass is 10.1. The molecule has 0 amide bonds. The van der Waals surface area contributed by atoms with E-state index in [1.54, 1.807) is 0 Å². The third-order valence-corrected chi connectivity index (χ3v) is 3.26. The van der Waals surface area contributed by atoms with Gasteiger partial charge in [-0.25, -0.2) is 4.79 Å². The van der Waals surface area contributed by atoms with Crippen LogP contribution in [-0.4, -0.2) is 13.1 Å². The van der Waals surface area contributed by atoms with Gasteiger partial charge in [-0.15, -0.1) is 23.7 Å². The zero-order chi connectivity index (χ0) is 11.5. The quantitative estimate of drug-likeness (QED) is 0.852. The van der Waals surface area contributed by atoms with E-state index in [1.807, 2.05) is 35.7 Å². The smallest absolute Gasteiger partial charge is 0.350 e. The van der Waals surface area contributed by atoms with Gasteiger partial charge < -0.3 is 10.5 Å². The molecule has 2 N–H and O–H groups in total. The van der Waals surface area contributed by atoms with E-state index in [0.717, 1.165) is 11.1 Å². The second-order valence-corrected chi connectivity index (χ2v) is 4.13. The molecule has 0 saturated heterocycles. The maximum absolute atomic E-state index is 11.4. The molecule has 0 bridgehead atoms. The number of rotatable bonds is 2. The highest BCUT2D eigenvalue weighted by Gasteiger charge is 2.16. The Kier molecular flexibility index (Phi) is 4.54. The van der Waals surface area contributed by atoms with Crippen molar-refractivity contribution >= 4 is 35.4 Å². The molecule has 0 unspecified atom stereocenters. The minimum Gasteiger partial charge on any atom is -0.465 e. The Balaban J connectivity index is 0.00000144. The molecule has 2 rings (SSSR count). The molecule has 0 atom stereocenters. The Labute approximate surface area is 110 Å². The molecule has 90 valence electrons. The first-order valence-corrected chi connectivity index (χ1v) is 5.62. The fraction of sp³-hybridized carbons (Fsp3) is 0.0833. The zero-order valence-electron chi connectivity index (χ0n) is 9.17. The van der Waals surface area contributed by atoms with Crippen LogP contribution >= 0.6 is 23.7 Å². The highest BCUT2D eigenvalue weighted by atomic mass is 35.5. The van der Waals surface area contributed by atoms with Crippen molar-refractivity contribution in [2.24, 2.45) is 0 Å². The summed E-state index contributed by atoms with van der Waals surface area (Å²) >= 11 is 1.30. The first-order chi connectivity index (χ1) is 7.74. The maximum Gasteiger partial charge on any atom is 0.350 e. The van der Waals surface area contributed by atoms with Crippen LogP contribution in [0.1, 0.15) is 9.67 Å². The van der Waals surface area contributed by atoms with Gasteiger partial charge in [0, 0.05) is 10.9 Å². The number of carbonyl (C=O) groups is 1. The molecule has 0 aliphatic carbocycles. The molecule has 17 heavy (non-hydrogen) atoms. The Bertz CT molecular complexity index is 510. The lowest BCUT2D eigenvalue weighted by Gasteiger charge is -2.01. The number of nitrogen functional groups attached to an aromatic ring is 1. The Morgan fingerprint density at radius 3 is 2.53 bits per heavy atom. The van der Waals surface area contributed by atoms with Gasteiger partial charge in [0.05, 0.1) is 12.8 Å². The van der Waals surface area contributed by atoms with Crippen LogP contribution in [0.4, 0.5) is 5.69 Å². The molecule has 1 aromatic heterocycles. The van der Waals surface area contributed by atoms with Crippen molar-refractivity contribution in [2.45, 2.75) is 0 Å². The summed E-state index contributed by atoms with van der Waals surface area (Å²) < 4.78 is 4.66. The molecular formula is C12H12ClNO2S. The van der Waals surface area contributed by atoms with E-state index in [-0.39, 0.29) is 18.4 Å². The standard InChI is InChI=1S/C12H11NO2S.ClH/c1-15-12(14)11-10(13)9(7-16-11)8-5-3-2-4-6-8;/h2-7H,13H2,1H3;1H. The Hall–Kier alpha value is -1.52. The minimum absolute atomic E-state index is 0. The number of anilines is 1. The predicted octanol–water partition coefficient (Wildman–Crippen LogP) is 3.21. The fourth-order valence-electron chi connectivity index (χ4n) is 1.46. The molecular weight excluding hydrogens is 258 g/mol. The summed E-state index contributed by atoms with van der Waals surface area (Å²) in [5, 5.41) is 1.87. The van der Waals surface area contributed by atoms with Gasteiger partial charge >= 0.3 is 5.97 Å². The van der Waals surface area contributed by atoms with Gasteiger partial charge in [0.25, 0.3) is 0 Å². The van der Waals surface area contributed by atoms with Crippen molar-refractivity contribution in [2.75, 3.05) is 12.8 Å². The predicted molar refractivity (Wildman–Crippen MR) is 72.8 cm³/mol. The van der Waals surface area contributed by atoms with Crippen LogP contribution in [0.3, 0.4) is 0 Å². The topological polar surface area (TPSA) is 52.3 Å². The molecule has 0 aliphatic rings. The molecule has 5 heteroatoms. The number of ether oxygens (including phenoxy) is 1. The van der Waals surface area contributed by atoms with Gasteiger partial charge in [-0.05, 0) is 5.56 Å². The average Bonchev–Trinajstić information content (AvgIpc) is 2.71. The van der Waals surface area contributed by atoms with E-state index in [1.165, 1.54) is 18.4 Å². The van der Waals surface area contributed by atoms with Crippen LogP contribution in [0, 0.1) is 0 Å². The van der Waals surface area contributed by atoms with Crippen LogP contribution in [-0.2, 0) is 4.74 Å². The molecule has 0 aliphatic heterocycles. The Morgan fingerprint density at radius 1 is 1.29 bits per heavy atom. The molecule has 1 aromatic carbocycles. The van der Waals surface area contributed by atoms with Crippen molar-refractivity contribution in [1.29, 1.82) is 0 Å². The van der Waals surface area contributed by atoms with E-state index in [9.17, 15) is 4.79 Å². The first kappa shape index (κ1) is 13.5. The summed E-state index contributed by atoms with van der Waals surface area (Å²) in [7, 11) is 1.35. The molecule has 1 heterocycles. The second kappa shape index (κ2) is 5.70. The number of thiophene rings is 1. The monoisotopic (exact) mass is 269 g/mol. The lowest BCUT2D eigenvalue weighted by molar-refractivity contribution is 0.0607. The molecule has 0 fully saturated rings. The van der Waals surface area contributed by atoms with E-state index < -0.39 is 0 Å². The number of nitrogens with two attached hydrogens (primary N) is 1. The van der Waals surface area contributed by atoms with Gasteiger partial charge in [-0.2, -0.15) is 0 Å². The van der Waals surface area contributed by atoms with Gasteiger partial charge in [0.15, 0.2) is 0 Å². The molecule has 2 aromatic rings. The van der Waals surface area contributed by atoms with Gasteiger partial charge in [-0.1, -0.05) is 30.3 Å². The van der Waals surface area contributed by atoms with Crippen molar-refractivity contribution < 1.29 is 9.53 Å². The highest BCUT2D eigenvalue weighted by Crippen LogP contribution is 2.34. The molecule has 0 radical (unpaired) electrons. The summed E-state index contributed by atoms with van der Waals surface area (Å²) in [5.41, 5.74) is 8.30. The van der Waals surface area contributed by atoms with Crippen LogP contribution < -0.4 is 5.73 Å². The van der Waals surface area contributed by atoms with Crippen molar-refractivity contribution in [3.63, 3.8) is 0 Å². The number of hydrogen-bond acceptors (Lipinski definition) is 4. The lowest BCUT2D eigenvalue weighted by Crippen LogP contribution is -2.02. The summed E-state index contributed by atoms with van der Waals surface area (Å²) in [6, 6.07) is 9.72. The number of esters is 1. The number of carbonyl (C=O) groups excluding carboxylic acids is 1. The maximum atomic E-state index is 11.4. The van der Waals surface area contributed by atoms with Gasteiger partial charge in [0.1, 0.15) is 4.88 Å². The SMILES string of the molecule is COC(=O)c1scc(-c2ccccc2)c1N.Cl. The number of methoxy groups -OCH3 is 1. The largest absolute Gasteiger partial charge is 0.465 e. The normalized spacial score (nSPS) is 9.47. The van der Waals surface area contributed by atoms with Crippen molar-refractivity contribution in [3.05, 3.63) is 40.6 Å². The van der Waals surface area contributed by atoms with Crippen LogP contribution in [0.2, 0.25) is 0 Å². The summed E-state index contributed by atoms with van der Waals surface area (Å²) in [6.45, 7) is 0. The van der Waals surface area contributed by atoms with Gasteiger partial charge in [0.2, 0.25) is 0 Å². The highest BCUT2D eigenvalue weighted by molar-refractivity contribution is 7.13. The fourth-order valence-corrected chi connectivity index (χ4v) is 2.37. The molecule has 0 spiro atoms. The minimum atomic E-state index is -0.385. The Morgan fingerprint density at radius 2 is 1.94 bits per heavy atom. The second-order valence-electron chi connectivity index (χ2n) is 3.25. The number of hydrogen-bond donors (Lipinski definition) is 1. The van der Waals surface area contributed by atoms with E-state index in [0.29, 0.717) is 10.6 Å². The van der Waals surface area contributed by atoms with E-state index >= 15 is 0 Å². The summed E-state index contributed by atoms with van der Waals surface area (Å²) in [6.07, 6.45) is 0. The summed E-state index contributed by atoms with van der Waals surface area (Å²) in [5.74, 6) is -0.385.